The van der Waals surface area contributed by atoms with E-state index < -0.39 is 6.04 Å². The van der Waals surface area contributed by atoms with Crippen LogP contribution in [0.2, 0.25) is 0 Å². The summed E-state index contributed by atoms with van der Waals surface area (Å²) in [5.74, 6) is 0.289. The second-order valence-electron chi connectivity index (χ2n) is 9.18. The molecule has 0 radical (unpaired) electrons. The maximum Gasteiger partial charge on any atom is 0.261 e. The largest absolute Gasteiger partial charge is 0.483 e. The van der Waals surface area contributed by atoms with E-state index in [4.69, 9.17) is 4.74 Å². The first-order valence-electron chi connectivity index (χ1n) is 11.1. The van der Waals surface area contributed by atoms with Crippen LogP contribution in [0.15, 0.2) is 53.0 Å². The molecule has 0 aromatic heterocycles. The van der Waals surface area contributed by atoms with Crippen molar-refractivity contribution in [3.63, 3.8) is 0 Å². The number of nitrogens with one attached hydrogen (secondary N) is 1. The van der Waals surface area contributed by atoms with Gasteiger partial charge in [-0.3, -0.25) is 9.59 Å². The van der Waals surface area contributed by atoms with Gasteiger partial charge >= 0.3 is 0 Å². The maximum absolute atomic E-state index is 13.3. The number of para-hydroxylation sites is 1. The van der Waals surface area contributed by atoms with Crippen LogP contribution in [0.25, 0.3) is 0 Å². The van der Waals surface area contributed by atoms with E-state index in [-0.39, 0.29) is 29.9 Å². The SMILES string of the molecule is CC[C@H](C)NC(=O)[C@@H](C)N(Cc1ccc(Br)cc1)C(=O)COc1ccccc1C(C)(C)C. The Kier molecular flexibility index (Phi) is 9.32. The van der Waals surface area contributed by atoms with Crippen molar-refractivity contribution < 1.29 is 14.3 Å². The number of nitrogens with zero attached hydrogens (tertiary/aromatic N) is 1. The predicted octanol–water partition coefficient (Wildman–Crippen LogP) is 5.46. The number of rotatable bonds is 9. The van der Waals surface area contributed by atoms with Crippen LogP contribution in [0.1, 0.15) is 59.1 Å². The molecule has 0 heterocycles. The molecule has 0 saturated heterocycles. The lowest BCUT2D eigenvalue weighted by molar-refractivity contribution is -0.142. The molecule has 174 valence electrons. The fraction of sp³-hybridized carbons (Fsp3) is 0.462. The van der Waals surface area contributed by atoms with Crippen molar-refractivity contribution >= 4 is 27.7 Å². The smallest absolute Gasteiger partial charge is 0.261 e. The standard InChI is InChI=1S/C26H35BrN2O3/c1-7-18(2)28-25(31)19(3)29(16-20-12-14-21(27)15-13-20)24(30)17-32-23-11-9-8-10-22(23)26(4,5)6/h8-15,18-19H,7,16-17H2,1-6H3,(H,28,31)/t18-,19+/m0/s1. The summed E-state index contributed by atoms with van der Waals surface area (Å²) in [6, 6.07) is 14.9. The Morgan fingerprint density at radius 2 is 1.69 bits per heavy atom. The molecule has 2 amide bonds. The van der Waals surface area contributed by atoms with E-state index in [9.17, 15) is 9.59 Å². The molecule has 0 bridgehead atoms. The molecule has 5 nitrogen and oxygen atoms in total. The Bertz CT molecular complexity index is 906. The van der Waals surface area contributed by atoms with Crippen LogP contribution in [0.3, 0.4) is 0 Å². The Hall–Kier alpha value is -2.34. The van der Waals surface area contributed by atoms with Crippen LogP contribution in [0, 0.1) is 0 Å². The first kappa shape index (κ1) is 25.9. The number of benzene rings is 2. The van der Waals surface area contributed by atoms with E-state index in [1.54, 1.807) is 11.8 Å². The number of hydrogen-bond acceptors (Lipinski definition) is 3. The lowest BCUT2D eigenvalue weighted by Crippen LogP contribution is -2.50. The van der Waals surface area contributed by atoms with Gasteiger partial charge in [-0.15, -0.1) is 0 Å². The lowest BCUT2D eigenvalue weighted by atomic mass is 9.86. The van der Waals surface area contributed by atoms with Gasteiger partial charge in [0.15, 0.2) is 6.61 Å². The van der Waals surface area contributed by atoms with Crippen molar-refractivity contribution in [3.8, 4) is 5.75 Å². The zero-order valence-corrected chi connectivity index (χ0v) is 21.5. The van der Waals surface area contributed by atoms with Gasteiger partial charge < -0.3 is 15.0 Å². The molecule has 0 unspecified atom stereocenters. The summed E-state index contributed by atoms with van der Waals surface area (Å²) >= 11 is 3.44. The maximum atomic E-state index is 13.3. The molecule has 6 heteroatoms. The van der Waals surface area contributed by atoms with E-state index in [1.165, 1.54) is 0 Å². The van der Waals surface area contributed by atoms with Gasteiger partial charge in [0.25, 0.3) is 5.91 Å². The quantitative estimate of drug-likeness (QED) is 0.495. The van der Waals surface area contributed by atoms with Crippen LogP contribution in [-0.2, 0) is 21.5 Å². The third-order valence-electron chi connectivity index (χ3n) is 5.48. The van der Waals surface area contributed by atoms with Gasteiger partial charge in [0.1, 0.15) is 11.8 Å². The Balaban J connectivity index is 2.21. The molecule has 1 N–H and O–H groups in total. The summed E-state index contributed by atoms with van der Waals surface area (Å²) in [7, 11) is 0. The molecule has 0 aliphatic carbocycles. The zero-order chi connectivity index (χ0) is 23.9. The first-order valence-corrected chi connectivity index (χ1v) is 11.9. The topological polar surface area (TPSA) is 58.6 Å². The number of carbonyl (C=O) groups excluding carboxylic acids is 2. The van der Waals surface area contributed by atoms with Gasteiger partial charge in [-0.05, 0) is 55.0 Å². The number of halogens is 1. The average Bonchev–Trinajstić information content (AvgIpc) is 2.76. The fourth-order valence-corrected chi connectivity index (χ4v) is 3.53. The first-order chi connectivity index (χ1) is 15.0. The Labute approximate surface area is 200 Å². The zero-order valence-electron chi connectivity index (χ0n) is 19.9. The van der Waals surface area contributed by atoms with Crippen molar-refractivity contribution in [2.45, 2.75) is 72.0 Å². The van der Waals surface area contributed by atoms with Crippen molar-refractivity contribution in [1.82, 2.24) is 10.2 Å². The second-order valence-corrected chi connectivity index (χ2v) is 10.1. The highest BCUT2D eigenvalue weighted by Crippen LogP contribution is 2.31. The molecule has 2 rings (SSSR count). The average molecular weight is 503 g/mol. The molecule has 0 aliphatic heterocycles. The highest BCUT2D eigenvalue weighted by atomic mass is 79.9. The monoisotopic (exact) mass is 502 g/mol. The van der Waals surface area contributed by atoms with Gasteiger partial charge in [-0.2, -0.15) is 0 Å². The number of ether oxygens (including phenoxy) is 1. The van der Waals surface area contributed by atoms with E-state index in [0.717, 1.165) is 22.0 Å². The minimum Gasteiger partial charge on any atom is -0.483 e. The fourth-order valence-electron chi connectivity index (χ4n) is 3.27. The van der Waals surface area contributed by atoms with Gasteiger partial charge in [0.05, 0.1) is 0 Å². The summed E-state index contributed by atoms with van der Waals surface area (Å²) in [6.45, 7) is 12.3. The molecule has 0 fully saturated rings. The van der Waals surface area contributed by atoms with Crippen LogP contribution in [-0.4, -0.2) is 35.4 Å². The van der Waals surface area contributed by atoms with E-state index in [2.05, 4.69) is 42.0 Å². The number of amides is 2. The van der Waals surface area contributed by atoms with Gasteiger partial charge in [-0.1, -0.05) is 74.0 Å². The summed E-state index contributed by atoms with van der Waals surface area (Å²) in [5.41, 5.74) is 1.87. The molecule has 2 aromatic rings. The van der Waals surface area contributed by atoms with Gasteiger partial charge in [0.2, 0.25) is 5.91 Å². The Morgan fingerprint density at radius 3 is 2.28 bits per heavy atom. The molecule has 2 atom stereocenters. The molecule has 2 aromatic carbocycles. The second kappa shape index (κ2) is 11.5. The summed E-state index contributed by atoms with van der Waals surface area (Å²) in [6.07, 6.45) is 0.825. The molecular formula is C26H35BrN2O3. The van der Waals surface area contributed by atoms with Crippen LogP contribution >= 0.6 is 15.9 Å². The Morgan fingerprint density at radius 1 is 1.06 bits per heavy atom. The molecule has 0 spiro atoms. The van der Waals surface area contributed by atoms with Crippen molar-refractivity contribution in [3.05, 3.63) is 64.1 Å². The lowest BCUT2D eigenvalue weighted by Gasteiger charge is -2.30. The van der Waals surface area contributed by atoms with Gasteiger partial charge in [0, 0.05) is 17.1 Å². The van der Waals surface area contributed by atoms with Gasteiger partial charge in [-0.25, -0.2) is 0 Å². The van der Waals surface area contributed by atoms with Crippen LogP contribution < -0.4 is 10.1 Å². The highest BCUT2D eigenvalue weighted by Gasteiger charge is 2.28. The van der Waals surface area contributed by atoms with Crippen LogP contribution in [0.5, 0.6) is 5.75 Å². The van der Waals surface area contributed by atoms with E-state index >= 15 is 0 Å². The molecule has 0 aliphatic rings. The molecule has 32 heavy (non-hydrogen) atoms. The summed E-state index contributed by atoms with van der Waals surface area (Å²) < 4.78 is 6.93. The molecule has 0 saturated carbocycles. The van der Waals surface area contributed by atoms with Crippen LogP contribution in [0.4, 0.5) is 0 Å². The normalized spacial score (nSPS) is 13.2. The van der Waals surface area contributed by atoms with Crippen molar-refractivity contribution in [2.75, 3.05) is 6.61 Å². The minimum atomic E-state index is -0.624. The van der Waals surface area contributed by atoms with E-state index in [1.807, 2.05) is 62.4 Å². The van der Waals surface area contributed by atoms with E-state index in [0.29, 0.717) is 12.3 Å². The van der Waals surface area contributed by atoms with Crippen molar-refractivity contribution in [1.29, 1.82) is 0 Å². The predicted molar refractivity (Wildman–Crippen MR) is 133 cm³/mol. The number of hydrogen-bond donors (Lipinski definition) is 1. The third kappa shape index (κ3) is 7.37. The summed E-state index contributed by atoms with van der Waals surface area (Å²) in [4.78, 5) is 27.7. The number of carbonyl (C=O) groups is 2. The molecular weight excluding hydrogens is 468 g/mol. The van der Waals surface area contributed by atoms with Crippen molar-refractivity contribution in [2.24, 2.45) is 0 Å². The highest BCUT2D eigenvalue weighted by molar-refractivity contribution is 9.10. The summed E-state index contributed by atoms with van der Waals surface area (Å²) in [5, 5.41) is 2.98. The third-order valence-corrected chi connectivity index (χ3v) is 6.01. The minimum absolute atomic E-state index is 0.0458.